The minimum absolute atomic E-state index is 0.0223. The van der Waals surface area contributed by atoms with Gasteiger partial charge in [0.15, 0.2) is 5.17 Å². The van der Waals surface area contributed by atoms with E-state index in [0.29, 0.717) is 11.4 Å². The standard InChI is InChI=1S/C13H13N3O4S/c1-7(17)20-9-4-2-3-8(5-9)15-11(18)6-10-12(19)16-13(14)21-10/h2-5,10H,6H2,1H3,(H,15,18)(H2,14,16,19)/t10-/m1/s1. The van der Waals surface area contributed by atoms with Crippen LogP contribution in [-0.4, -0.2) is 28.2 Å². The Morgan fingerprint density at radius 2 is 2.24 bits per heavy atom. The first kappa shape index (κ1) is 15.0. The van der Waals surface area contributed by atoms with Crippen molar-refractivity contribution in [2.45, 2.75) is 18.6 Å². The fourth-order valence-electron chi connectivity index (χ4n) is 1.72. The predicted octanol–water partition coefficient (Wildman–Crippen LogP) is 0.897. The van der Waals surface area contributed by atoms with Crippen LogP contribution in [0.25, 0.3) is 0 Å². The number of nitrogens with one attached hydrogen (secondary N) is 1. The Balaban J connectivity index is 1.94. The number of carbonyl (C=O) groups excluding carboxylic acids is 3. The van der Waals surface area contributed by atoms with Gasteiger partial charge in [0.25, 0.3) is 5.91 Å². The number of rotatable bonds is 4. The summed E-state index contributed by atoms with van der Waals surface area (Å²) < 4.78 is 4.92. The summed E-state index contributed by atoms with van der Waals surface area (Å²) in [6.07, 6.45) is -0.0223. The van der Waals surface area contributed by atoms with Crippen molar-refractivity contribution < 1.29 is 19.1 Å². The number of amides is 2. The molecule has 0 saturated heterocycles. The topological polar surface area (TPSA) is 111 Å². The number of anilines is 1. The van der Waals surface area contributed by atoms with Crippen molar-refractivity contribution in [3.8, 4) is 5.75 Å². The van der Waals surface area contributed by atoms with Gasteiger partial charge in [-0.3, -0.25) is 14.4 Å². The van der Waals surface area contributed by atoms with E-state index in [1.807, 2.05) is 0 Å². The van der Waals surface area contributed by atoms with Crippen molar-refractivity contribution in [1.82, 2.24) is 0 Å². The number of aliphatic imine (C=N–C) groups is 1. The van der Waals surface area contributed by atoms with Gasteiger partial charge in [-0.25, -0.2) is 0 Å². The lowest BCUT2D eigenvalue weighted by molar-refractivity contribution is -0.131. The zero-order valence-corrected chi connectivity index (χ0v) is 12.0. The largest absolute Gasteiger partial charge is 0.427 e. The van der Waals surface area contributed by atoms with E-state index in [4.69, 9.17) is 10.5 Å². The van der Waals surface area contributed by atoms with E-state index in [1.54, 1.807) is 18.2 Å². The molecule has 3 N–H and O–H groups in total. The number of carbonyl (C=O) groups is 3. The second kappa shape index (κ2) is 6.40. The van der Waals surface area contributed by atoms with E-state index < -0.39 is 17.1 Å². The molecule has 8 heteroatoms. The minimum Gasteiger partial charge on any atom is -0.427 e. The van der Waals surface area contributed by atoms with Gasteiger partial charge in [-0.05, 0) is 12.1 Å². The highest BCUT2D eigenvalue weighted by Crippen LogP contribution is 2.24. The lowest BCUT2D eigenvalue weighted by atomic mass is 10.2. The Morgan fingerprint density at radius 3 is 2.86 bits per heavy atom. The zero-order valence-electron chi connectivity index (χ0n) is 11.2. The smallest absolute Gasteiger partial charge is 0.308 e. The molecule has 1 atom stereocenters. The Labute approximate surface area is 124 Å². The van der Waals surface area contributed by atoms with Crippen LogP contribution in [0, 0.1) is 0 Å². The molecule has 0 spiro atoms. The first-order chi connectivity index (χ1) is 9.94. The molecule has 0 radical (unpaired) electrons. The molecule has 21 heavy (non-hydrogen) atoms. The van der Waals surface area contributed by atoms with E-state index >= 15 is 0 Å². The first-order valence-corrected chi connectivity index (χ1v) is 6.95. The van der Waals surface area contributed by atoms with Crippen LogP contribution in [0.5, 0.6) is 5.75 Å². The molecule has 0 aliphatic carbocycles. The molecule has 7 nitrogen and oxygen atoms in total. The van der Waals surface area contributed by atoms with Crippen LogP contribution in [0.3, 0.4) is 0 Å². The third kappa shape index (κ3) is 4.32. The number of ether oxygens (including phenoxy) is 1. The van der Waals surface area contributed by atoms with Crippen LogP contribution in [0.1, 0.15) is 13.3 Å². The van der Waals surface area contributed by atoms with Crippen LogP contribution >= 0.6 is 11.8 Å². The molecule has 0 saturated carbocycles. The average molecular weight is 307 g/mol. The monoisotopic (exact) mass is 307 g/mol. The number of esters is 1. The van der Waals surface area contributed by atoms with Crippen molar-refractivity contribution in [3.63, 3.8) is 0 Å². The molecule has 1 aliphatic heterocycles. The molecule has 0 aromatic heterocycles. The summed E-state index contributed by atoms with van der Waals surface area (Å²) in [6, 6.07) is 6.42. The highest BCUT2D eigenvalue weighted by Gasteiger charge is 2.29. The zero-order chi connectivity index (χ0) is 15.4. The second-order valence-electron chi connectivity index (χ2n) is 4.27. The highest BCUT2D eigenvalue weighted by molar-refractivity contribution is 8.15. The van der Waals surface area contributed by atoms with Crippen LogP contribution in [0.15, 0.2) is 29.3 Å². The molecule has 0 unspecified atom stereocenters. The van der Waals surface area contributed by atoms with Crippen LogP contribution in [-0.2, 0) is 14.4 Å². The maximum Gasteiger partial charge on any atom is 0.308 e. The number of benzene rings is 1. The van der Waals surface area contributed by atoms with Gasteiger partial charge in [-0.1, -0.05) is 17.8 Å². The number of hydrogen-bond acceptors (Lipinski definition) is 6. The van der Waals surface area contributed by atoms with Crippen molar-refractivity contribution in [3.05, 3.63) is 24.3 Å². The Kier molecular flexibility index (Phi) is 4.59. The van der Waals surface area contributed by atoms with E-state index in [2.05, 4.69) is 10.3 Å². The van der Waals surface area contributed by atoms with Gasteiger partial charge >= 0.3 is 5.97 Å². The lowest BCUT2D eigenvalue weighted by Crippen LogP contribution is -2.21. The predicted molar refractivity (Wildman–Crippen MR) is 79.0 cm³/mol. The highest BCUT2D eigenvalue weighted by atomic mass is 32.2. The van der Waals surface area contributed by atoms with Gasteiger partial charge in [0, 0.05) is 25.1 Å². The number of hydrogen-bond donors (Lipinski definition) is 2. The fraction of sp³-hybridized carbons (Fsp3) is 0.231. The molecule has 2 amide bonds. The Hall–Kier alpha value is -2.35. The van der Waals surface area contributed by atoms with Gasteiger partial charge in [-0.15, -0.1) is 0 Å². The Bertz CT molecular complexity index is 630. The summed E-state index contributed by atoms with van der Waals surface area (Å²) in [5.74, 6) is -0.856. The van der Waals surface area contributed by atoms with E-state index in [1.165, 1.54) is 13.0 Å². The van der Waals surface area contributed by atoms with Crippen LogP contribution < -0.4 is 15.8 Å². The van der Waals surface area contributed by atoms with E-state index in [9.17, 15) is 14.4 Å². The van der Waals surface area contributed by atoms with Crippen molar-refractivity contribution in [2.24, 2.45) is 10.7 Å². The van der Waals surface area contributed by atoms with Gasteiger partial charge in [0.1, 0.15) is 11.0 Å². The summed E-state index contributed by atoms with van der Waals surface area (Å²) >= 11 is 1.07. The summed E-state index contributed by atoms with van der Waals surface area (Å²) in [5.41, 5.74) is 5.90. The molecule has 1 aromatic rings. The number of nitrogens with zero attached hydrogens (tertiary/aromatic N) is 1. The van der Waals surface area contributed by atoms with Crippen molar-refractivity contribution in [1.29, 1.82) is 0 Å². The first-order valence-electron chi connectivity index (χ1n) is 6.07. The molecule has 0 bridgehead atoms. The average Bonchev–Trinajstić information content (AvgIpc) is 2.67. The molecule has 0 fully saturated rings. The maximum atomic E-state index is 11.9. The summed E-state index contributed by atoms with van der Waals surface area (Å²) in [4.78, 5) is 37.7. The lowest BCUT2D eigenvalue weighted by Gasteiger charge is -2.09. The van der Waals surface area contributed by atoms with E-state index in [-0.39, 0.29) is 17.5 Å². The van der Waals surface area contributed by atoms with Crippen LogP contribution in [0.2, 0.25) is 0 Å². The molecule has 1 heterocycles. The quantitative estimate of drug-likeness (QED) is 0.631. The SMILES string of the molecule is CC(=O)Oc1cccc(NC(=O)C[C@H]2SC(N)=NC2=O)c1. The van der Waals surface area contributed by atoms with Gasteiger partial charge < -0.3 is 15.8 Å². The van der Waals surface area contributed by atoms with Gasteiger partial charge in [0.2, 0.25) is 5.91 Å². The van der Waals surface area contributed by atoms with Crippen LogP contribution in [0.4, 0.5) is 5.69 Å². The number of nitrogens with two attached hydrogens (primary N) is 1. The molecular weight excluding hydrogens is 294 g/mol. The third-order valence-electron chi connectivity index (χ3n) is 2.51. The second-order valence-corrected chi connectivity index (χ2v) is 5.49. The summed E-state index contributed by atoms with van der Waals surface area (Å²) in [6.45, 7) is 1.29. The molecule has 110 valence electrons. The Morgan fingerprint density at radius 1 is 1.48 bits per heavy atom. The fourth-order valence-corrected chi connectivity index (χ4v) is 2.54. The van der Waals surface area contributed by atoms with E-state index in [0.717, 1.165) is 11.8 Å². The molecule has 1 aromatic carbocycles. The normalized spacial score (nSPS) is 17.3. The number of amidine groups is 1. The van der Waals surface area contributed by atoms with Gasteiger partial charge in [-0.2, -0.15) is 4.99 Å². The molecule has 1 aliphatic rings. The van der Waals surface area contributed by atoms with Crippen molar-refractivity contribution in [2.75, 3.05) is 5.32 Å². The van der Waals surface area contributed by atoms with Crippen molar-refractivity contribution >= 4 is 40.4 Å². The van der Waals surface area contributed by atoms with Gasteiger partial charge in [0.05, 0.1) is 0 Å². The summed E-state index contributed by atoms with van der Waals surface area (Å²) in [7, 11) is 0. The maximum absolute atomic E-state index is 11.9. The minimum atomic E-state index is -0.582. The third-order valence-corrected chi connectivity index (χ3v) is 3.49. The molecule has 2 rings (SSSR count). The number of thioether (sulfide) groups is 1. The summed E-state index contributed by atoms with van der Waals surface area (Å²) in [5, 5.41) is 2.22. The molecular formula is C13H13N3O4S.